The fraction of sp³-hybridized carbons (Fsp3) is 0.368. The van der Waals surface area contributed by atoms with E-state index in [0.717, 1.165) is 16.7 Å². The number of anilines is 2. The van der Waals surface area contributed by atoms with Gasteiger partial charge in [0.25, 0.3) is 0 Å². The lowest BCUT2D eigenvalue weighted by Gasteiger charge is -2.26. The molecule has 2 aliphatic rings. The number of hydrogen-bond donors (Lipinski definition) is 3. The number of hydrogen-bond acceptors (Lipinski definition) is 7. The van der Waals surface area contributed by atoms with Crippen molar-refractivity contribution in [2.24, 2.45) is 5.92 Å². The Hall–Kier alpha value is -2.80. The summed E-state index contributed by atoms with van der Waals surface area (Å²) in [6.45, 7) is -0.141. The topological polar surface area (TPSA) is 117 Å². The molecule has 5 N–H and O–H groups in total. The van der Waals surface area contributed by atoms with Gasteiger partial charge in [0.05, 0.1) is 13.7 Å². The highest BCUT2D eigenvalue weighted by Crippen LogP contribution is 2.45. The van der Waals surface area contributed by atoms with Gasteiger partial charge in [-0.05, 0) is 36.5 Å². The monoisotopic (exact) mass is 354 g/mol. The highest BCUT2D eigenvalue weighted by Gasteiger charge is 2.35. The maximum atomic E-state index is 9.80. The van der Waals surface area contributed by atoms with Crippen LogP contribution in [0, 0.1) is 5.92 Å². The maximum absolute atomic E-state index is 9.80. The van der Waals surface area contributed by atoms with Crippen molar-refractivity contribution in [3.63, 3.8) is 0 Å². The van der Waals surface area contributed by atoms with Crippen molar-refractivity contribution in [3.8, 4) is 11.5 Å². The fourth-order valence-corrected chi connectivity index (χ4v) is 3.38. The molecule has 2 heterocycles. The summed E-state index contributed by atoms with van der Waals surface area (Å²) in [6.07, 6.45) is 8.74. The van der Waals surface area contributed by atoms with Gasteiger partial charge in [-0.2, -0.15) is 4.98 Å². The predicted molar refractivity (Wildman–Crippen MR) is 98.8 cm³/mol. The van der Waals surface area contributed by atoms with Crippen LogP contribution in [-0.4, -0.2) is 28.3 Å². The number of rotatable bonds is 5. The zero-order valence-corrected chi connectivity index (χ0v) is 14.6. The molecule has 1 fully saturated rings. The second-order valence-corrected chi connectivity index (χ2v) is 6.72. The molecule has 0 bridgehead atoms. The first kappa shape index (κ1) is 16.7. The second-order valence-electron chi connectivity index (χ2n) is 6.72. The van der Waals surface area contributed by atoms with Crippen molar-refractivity contribution in [3.05, 3.63) is 40.6 Å². The van der Waals surface area contributed by atoms with E-state index in [2.05, 4.69) is 22.1 Å². The smallest absolute Gasteiger partial charge is 0.221 e. The van der Waals surface area contributed by atoms with Crippen molar-refractivity contribution in [1.29, 1.82) is 0 Å². The van der Waals surface area contributed by atoms with Gasteiger partial charge in [-0.25, -0.2) is 4.98 Å². The van der Waals surface area contributed by atoms with Crippen molar-refractivity contribution < 1.29 is 14.6 Å². The molecule has 4 rings (SSSR count). The van der Waals surface area contributed by atoms with E-state index in [9.17, 15) is 5.11 Å². The van der Waals surface area contributed by atoms with Crippen LogP contribution in [0.3, 0.4) is 0 Å². The summed E-state index contributed by atoms with van der Waals surface area (Å²) < 4.78 is 11.8. The van der Waals surface area contributed by atoms with Gasteiger partial charge in [0.15, 0.2) is 11.5 Å². The molecule has 26 heavy (non-hydrogen) atoms. The van der Waals surface area contributed by atoms with Gasteiger partial charge in [-0.1, -0.05) is 6.08 Å². The molecule has 1 aromatic carbocycles. The van der Waals surface area contributed by atoms with Gasteiger partial charge in [0.1, 0.15) is 11.9 Å². The normalized spacial score (nSPS) is 18.3. The zero-order valence-electron chi connectivity index (χ0n) is 14.6. The number of nitrogens with two attached hydrogens (primary N) is 2. The number of nitrogen functional groups attached to an aromatic ring is 2. The Morgan fingerprint density at radius 1 is 1.27 bits per heavy atom. The summed E-state index contributed by atoms with van der Waals surface area (Å²) in [5.74, 6) is 2.33. The number of benzene rings is 1. The summed E-state index contributed by atoms with van der Waals surface area (Å²) in [5.41, 5.74) is 14.9. The van der Waals surface area contributed by atoms with E-state index in [1.54, 1.807) is 13.3 Å². The molecule has 136 valence electrons. The molecule has 0 saturated heterocycles. The Bertz CT molecular complexity index is 878. The third-order valence-electron chi connectivity index (χ3n) is 4.90. The number of aromatic nitrogens is 2. The molecule has 0 amide bonds. The molecular formula is C19H22N4O3. The lowest BCUT2D eigenvalue weighted by atomic mass is 9.94. The molecule has 0 unspecified atom stereocenters. The Morgan fingerprint density at radius 2 is 2.08 bits per heavy atom. The first-order chi connectivity index (χ1) is 12.6. The van der Waals surface area contributed by atoms with Crippen LogP contribution in [0.1, 0.15) is 35.1 Å². The fourth-order valence-electron chi connectivity index (χ4n) is 3.38. The van der Waals surface area contributed by atoms with Crippen molar-refractivity contribution in [2.45, 2.75) is 32.0 Å². The molecule has 1 atom stereocenters. The Balaban J connectivity index is 1.78. The lowest BCUT2D eigenvalue weighted by Crippen LogP contribution is -2.21. The SMILES string of the molecule is COc1c(CO)cc(Cc2cnc(N)nc2N)c2c1O[C@H](C1CC1)C=C2. The van der Waals surface area contributed by atoms with E-state index in [1.807, 2.05) is 6.07 Å². The third kappa shape index (κ3) is 2.94. The highest BCUT2D eigenvalue weighted by atomic mass is 16.5. The molecule has 2 aromatic rings. The predicted octanol–water partition coefficient (Wildman–Crippen LogP) is 1.92. The van der Waals surface area contributed by atoms with Crippen molar-refractivity contribution in [2.75, 3.05) is 18.6 Å². The second kappa shape index (κ2) is 6.49. The van der Waals surface area contributed by atoms with Crippen LogP contribution >= 0.6 is 0 Å². The number of aliphatic hydroxyl groups excluding tert-OH is 1. The van der Waals surface area contributed by atoms with Gasteiger partial charge in [-0.3, -0.25) is 0 Å². The summed E-state index contributed by atoms with van der Waals surface area (Å²) in [5, 5.41) is 9.80. The van der Waals surface area contributed by atoms with E-state index in [1.165, 1.54) is 12.8 Å². The van der Waals surface area contributed by atoms with E-state index in [-0.39, 0.29) is 18.7 Å². The molecular weight excluding hydrogens is 332 g/mol. The van der Waals surface area contributed by atoms with E-state index in [0.29, 0.717) is 35.2 Å². The van der Waals surface area contributed by atoms with E-state index in [4.69, 9.17) is 20.9 Å². The number of aliphatic hydroxyl groups is 1. The first-order valence-corrected chi connectivity index (χ1v) is 8.66. The minimum Gasteiger partial charge on any atom is -0.492 e. The summed E-state index contributed by atoms with van der Waals surface area (Å²) >= 11 is 0. The number of methoxy groups -OCH3 is 1. The van der Waals surface area contributed by atoms with E-state index < -0.39 is 0 Å². The molecule has 1 saturated carbocycles. The van der Waals surface area contributed by atoms with Crippen LogP contribution in [-0.2, 0) is 13.0 Å². The highest BCUT2D eigenvalue weighted by molar-refractivity contribution is 5.71. The maximum Gasteiger partial charge on any atom is 0.221 e. The van der Waals surface area contributed by atoms with Crippen molar-refractivity contribution >= 4 is 17.8 Å². The summed E-state index contributed by atoms with van der Waals surface area (Å²) in [6, 6.07) is 1.92. The summed E-state index contributed by atoms with van der Waals surface area (Å²) in [4.78, 5) is 8.05. The average Bonchev–Trinajstić information content (AvgIpc) is 3.48. The van der Waals surface area contributed by atoms with Gasteiger partial charge in [0, 0.05) is 29.3 Å². The largest absolute Gasteiger partial charge is 0.492 e. The van der Waals surface area contributed by atoms with Gasteiger partial charge >= 0.3 is 0 Å². The van der Waals surface area contributed by atoms with Gasteiger partial charge in [-0.15, -0.1) is 0 Å². The molecule has 1 aliphatic carbocycles. The number of nitrogens with zero attached hydrogens (tertiary/aromatic N) is 2. The van der Waals surface area contributed by atoms with Gasteiger partial charge < -0.3 is 26.0 Å². The van der Waals surface area contributed by atoms with Crippen LogP contribution in [0.15, 0.2) is 18.3 Å². The molecule has 7 heteroatoms. The van der Waals surface area contributed by atoms with Crippen LogP contribution in [0.25, 0.3) is 6.08 Å². The standard InChI is InChI=1S/C19H22N4O3/c1-25-16-13(9-24)7-11(6-12-8-22-19(21)23-18(12)20)14-4-5-15(10-2-3-10)26-17(14)16/h4-5,7-8,10,15,24H,2-3,6,9H2,1H3,(H4,20,21,22,23)/t15-/m0/s1. The third-order valence-corrected chi connectivity index (χ3v) is 4.90. The van der Waals surface area contributed by atoms with Crippen LogP contribution in [0.2, 0.25) is 0 Å². The Labute approximate surface area is 151 Å². The van der Waals surface area contributed by atoms with Crippen LogP contribution < -0.4 is 20.9 Å². The van der Waals surface area contributed by atoms with Gasteiger partial charge in [0.2, 0.25) is 5.95 Å². The molecule has 0 radical (unpaired) electrons. The molecule has 0 spiro atoms. The number of ether oxygens (including phenoxy) is 2. The average molecular weight is 354 g/mol. The van der Waals surface area contributed by atoms with Crippen molar-refractivity contribution in [1.82, 2.24) is 9.97 Å². The quantitative estimate of drug-likeness (QED) is 0.751. The zero-order chi connectivity index (χ0) is 18.3. The van der Waals surface area contributed by atoms with E-state index >= 15 is 0 Å². The first-order valence-electron chi connectivity index (χ1n) is 8.66. The molecule has 7 nitrogen and oxygen atoms in total. The van der Waals surface area contributed by atoms with Crippen LogP contribution in [0.4, 0.5) is 11.8 Å². The summed E-state index contributed by atoms with van der Waals surface area (Å²) in [7, 11) is 1.59. The Morgan fingerprint density at radius 3 is 2.73 bits per heavy atom. The lowest BCUT2D eigenvalue weighted by molar-refractivity contribution is 0.208. The van der Waals surface area contributed by atoms with Crippen LogP contribution in [0.5, 0.6) is 11.5 Å². The number of fused-ring (bicyclic) bond motifs is 1. The minimum atomic E-state index is -0.141. The molecule has 1 aliphatic heterocycles. The minimum absolute atomic E-state index is 0.0584. The molecule has 1 aromatic heterocycles. The Kier molecular flexibility index (Phi) is 4.16.